The molecule has 3 aromatic carbocycles. The molecular formula is C28H29N3O3. The van der Waals surface area contributed by atoms with E-state index in [0.717, 1.165) is 41.2 Å². The van der Waals surface area contributed by atoms with Crippen LogP contribution in [0.4, 0.5) is 0 Å². The Bertz CT molecular complexity index is 1280. The number of unbranched alkanes of at least 4 members (excludes halogenated alkanes) is 1. The fourth-order valence-electron chi connectivity index (χ4n) is 3.99. The number of hydrogen-bond acceptors (Lipinski definition) is 5. The van der Waals surface area contributed by atoms with Crippen molar-refractivity contribution in [2.24, 2.45) is 0 Å². The molecule has 0 bridgehead atoms. The van der Waals surface area contributed by atoms with Crippen molar-refractivity contribution in [3.8, 4) is 11.5 Å². The summed E-state index contributed by atoms with van der Waals surface area (Å²) in [4.78, 5) is 10.8. The predicted octanol–water partition coefficient (Wildman–Crippen LogP) is 6.18. The number of allylic oxidation sites excluding steroid dienone is 1. The molecule has 0 atom stereocenters. The average molecular weight is 456 g/mol. The van der Waals surface area contributed by atoms with E-state index in [1.54, 1.807) is 0 Å². The molecule has 0 aliphatic rings. The molecule has 0 amide bonds. The van der Waals surface area contributed by atoms with Crippen LogP contribution in [-0.2, 0) is 11.3 Å². The molecule has 4 rings (SSSR count). The summed E-state index contributed by atoms with van der Waals surface area (Å²) in [5, 5.41) is 22.8. The Morgan fingerprint density at radius 1 is 0.971 bits per heavy atom. The molecule has 4 aromatic rings. The highest BCUT2D eigenvalue weighted by atomic mass is 16.4. The van der Waals surface area contributed by atoms with Gasteiger partial charge in [-0.25, -0.2) is 0 Å². The Labute approximate surface area is 199 Å². The van der Waals surface area contributed by atoms with Gasteiger partial charge >= 0.3 is 5.97 Å². The van der Waals surface area contributed by atoms with Crippen LogP contribution in [0.1, 0.15) is 49.6 Å². The first-order valence-electron chi connectivity index (χ1n) is 11.7. The number of nitrogens with one attached hydrogen (secondary N) is 1. The molecule has 0 unspecified atom stereocenters. The fourth-order valence-corrected chi connectivity index (χ4v) is 3.99. The van der Waals surface area contributed by atoms with Gasteiger partial charge in [0.25, 0.3) is 0 Å². The van der Waals surface area contributed by atoms with E-state index in [-0.39, 0.29) is 6.42 Å². The topological polar surface area (TPSA) is 88.2 Å². The lowest BCUT2D eigenvalue weighted by molar-refractivity contribution is -0.136. The summed E-state index contributed by atoms with van der Waals surface area (Å²) in [5.41, 5.74) is 4.33. The van der Waals surface area contributed by atoms with E-state index in [1.807, 2.05) is 54.6 Å². The van der Waals surface area contributed by atoms with Gasteiger partial charge in [0.05, 0.1) is 6.42 Å². The van der Waals surface area contributed by atoms with E-state index in [1.165, 1.54) is 11.1 Å². The SMILES string of the molecule is CCCC/C(=C\c1nnc(-c2ccc(CNCCC(=O)O)c3ccccc23)o1)c1ccccc1. The Balaban J connectivity index is 1.62. The van der Waals surface area contributed by atoms with E-state index in [4.69, 9.17) is 9.52 Å². The number of carboxylic acids is 1. The van der Waals surface area contributed by atoms with Gasteiger partial charge in [-0.05, 0) is 46.4 Å². The summed E-state index contributed by atoms with van der Waals surface area (Å²) in [7, 11) is 0. The van der Waals surface area contributed by atoms with Gasteiger partial charge in [0.15, 0.2) is 0 Å². The van der Waals surface area contributed by atoms with E-state index in [2.05, 4.69) is 40.6 Å². The lowest BCUT2D eigenvalue weighted by atomic mass is 9.99. The fraction of sp³-hybridized carbons (Fsp3) is 0.250. The molecule has 6 nitrogen and oxygen atoms in total. The minimum atomic E-state index is -0.806. The van der Waals surface area contributed by atoms with Gasteiger partial charge < -0.3 is 14.8 Å². The van der Waals surface area contributed by atoms with Gasteiger partial charge in [-0.2, -0.15) is 0 Å². The normalized spacial score (nSPS) is 11.7. The van der Waals surface area contributed by atoms with Crippen molar-refractivity contribution in [2.75, 3.05) is 6.54 Å². The van der Waals surface area contributed by atoms with E-state index >= 15 is 0 Å². The van der Waals surface area contributed by atoms with Crippen molar-refractivity contribution in [3.05, 3.63) is 83.7 Å². The molecule has 0 radical (unpaired) electrons. The maximum absolute atomic E-state index is 10.8. The highest BCUT2D eigenvalue weighted by molar-refractivity contribution is 5.97. The lowest BCUT2D eigenvalue weighted by Gasteiger charge is -2.10. The molecule has 6 heteroatoms. The molecule has 0 saturated carbocycles. The summed E-state index contributed by atoms with van der Waals surface area (Å²) in [5.74, 6) is 0.170. The van der Waals surface area contributed by atoms with Crippen LogP contribution in [0.3, 0.4) is 0 Å². The average Bonchev–Trinajstić information content (AvgIpc) is 3.33. The van der Waals surface area contributed by atoms with Crippen molar-refractivity contribution >= 4 is 28.4 Å². The standard InChI is InChI=1S/C28H29N3O3/c1-2-3-9-21(20-10-5-4-6-11-20)18-26-30-31-28(34-26)25-15-14-22(19-29-17-16-27(32)33)23-12-7-8-13-24(23)25/h4-8,10-15,18,29H,2-3,9,16-17,19H2,1H3,(H,32,33)/b21-18+. The summed E-state index contributed by atoms with van der Waals surface area (Å²) in [6.07, 6.45) is 5.24. The van der Waals surface area contributed by atoms with E-state index in [0.29, 0.717) is 24.9 Å². The van der Waals surface area contributed by atoms with Crippen LogP contribution in [0, 0.1) is 0 Å². The largest absolute Gasteiger partial charge is 0.481 e. The van der Waals surface area contributed by atoms with Gasteiger partial charge in [-0.1, -0.05) is 74.0 Å². The number of benzene rings is 3. The summed E-state index contributed by atoms with van der Waals surface area (Å²) in [6, 6.07) is 22.4. The number of carboxylic acid groups (broad SMARTS) is 1. The zero-order valence-electron chi connectivity index (χ0n) is 19.3. The number of aliphatic carboxylic acids is 1. The number of hydrogen-bond donors (Lipinski definition) is 2. The Morgan fingerprint density at radius 3 is 2.50 bits per heavy atom. The van der Waals surface area contributed by atoms with Gasteiger partial charge in [-0.3, -0.25) is 4.79 Å². The maximum Gasteiger partial charge on any atom is 0.304 e. The molecule has 0 spiro atoms. The predicted molar refractivity (Wildman–Crippen MR) is 135 cm³/mol. The summed E-state index contributed by atoms with van der Waals surface area (Å²) < 4.78 is 6.10. The number of fused-ring (bicyclic) bond motifs is 1. The molecule has 34 heavy (non-hydrogen) atoms. The summed E-state index contributed by atoms with van der Waals surface area (Å²) >= 11 is 0. The van der Waals surface area contributed by atoms with Crippen molar-refractivity contribution in [2.45, 2.75) is 39.2 Å². The molecular weight excluding hydrogens is 426 g/mol. The van der Waals surface area contributed by atoms with Gasteiger partial charge in [0, 0.05) is 24.7 Å². The minimum absolute atomic E-state index is 0.0948. The molecule has 174 valence electrons. The Morgan fingerprint density at radius 2 is 1.74 bits per heavy atom. The molecule has 1 aromatic heterocycles. The zero-order valence-corrected chi connectivity index (χ0v) is 19.3. The van der Waals surface area contributed by atoms with Crippen molar-refractivity contribution in [3.63, 3.8) is 0 Å². The first kappa shape index (κ1) is 23.4. The summed E-state index contributed by atoms with van der Waals surface area (Å²) in [6.45, 7) is 3.19. The third kappa shape index (κ3) is 5.77. The molecule has 0 aliphatic carbocycles. The first-order valence-corrected chi connectivity index (χ1v) is 11.7. The number of nitrogens with zero attached hydrogens (tertiary/aromatic N) is 2. The third-order valence-corrected chi connectivity index (χ3v) is 5.76. The van der Waals surface area contributed by atoms with Crippen molar-refractivity contribution < 1.29 is 14.3 Å². The first-order chi connectivity index (χ1) is 16.7. The van der Waals surface area contributed by atoms with Crippen LogP contribution in [0.2, 0.25) is 0 Å². The van der Waals surface area contributed by atoms with Crippen molar-refractivity contribution in [1.82, 2.24) is 15.5 Å². The zero-order chi connectivity index (χ0) is 23.8. The number of carbonyl (C=O) groups is 1. The van der Waals surface area contributed by atoms with Crippen LogP contribution in [0.15, 0.2) is 71.1 Å². The smallest absolute Gasteiger partial charge is 0.304 e. The molecule has 0 aliphatic heterocycles. The highest BCUT2D eigenvalue weighted by Gasteiger charge is 2.14. The molecule has 0 fully saturated rings. The quantitative estimate of drug-likeness (QED) is 0.262. The highest BCUT2D eigenvalue weighted by Crippen LogP contribution is 2.31. The van der Waals surface area contributed by atoms with Crippen LogP contribution < -0.4 is 5.32 Å². The number of rotatable bonds is 11. The Hall–Kier alpha value is -3.77. The van der Waals surface area contributed by atoms with E-state index in [9.17, 15) is 4.79 Å². The molecule has 1 heterocycles. The van der Waals surface area contributed by atoms with Crippen LogP contribution in [0.5, 0.6) is 0 Å². The van der Waals surface area contributed by atoms with E-state index < -0.39 is 5.97 Å². The second-order valence-corrected chi connectivity index (χ2v) is 8.22. The van der Waals surface area contributed by atoms with Crippen LogP contribution >= 0.6 is 0 Å². The monoisotopic (exact) mass is 455 g/mol. The van der Waals surface area contributed by atoms with Crippen LogP contribution in [-0.4, -0.2) is 27.8 Å². The maximum atomic E-state index is 10.8. The second-order valence-electron chi connectivity index (χ2n) is 8.22. The Kier molecular flexibility index (Phi) is 7.83. The van der Waals surface area contributed by atoms with Gasteiger partial charge in [0.1, 0.15) is 0 Å². The van der Waals surface area contributed by atoms with Gasteiger partial charge in [-0.15, -0.1) is 10.2 Å². The van der Waals surface area contributed by atoms with Crippen molar-refractivity contribution in [1.29, 1.82) is 0 Å². The lowest BCUT2D eigenvalue weighted by Crippen LogP contribution is -2.17. The van der Waals surface area contributed by atoms with Gasteiger partial charge in [0.2, 0.25) is 11.8 Å². The third-order valence-electron chi connectivity index (χ3n) is 5.76. The van der Waals surface area contributed by atoms with Crippen LogP contribution in [0.25, 0.3) is 33.9 Å². The molecule has 2 N–H and O–H groups in total. The molecule has 0 saturated heterocycles. The second kappa shape index (κ2) is 11.4. The minimum Gasteiger partial charge on any atom is -0.481 e. The number of aromatic nitrogens is 2.